The fourth-order valence-corrected chi connectivity index (χ4v) is 1.95. The predicted octanol–water partition coefficient (Wildman–Crippen LogP) is 3.72. The highest BCUT2D eigenvalue weighted by atomic mass is 16.6. The molecule has 0 aliphatic rings. The topological polar surface area (TPSA) is 72.2 Å². The maximum atomic E-state index is 11.3. The van der Waals surface area contributed by atoms with Gasteiger partial charge in [0.1, 0.15) is 5.69 Å². The zero-order valence-electron chi connectivity index (χ0n) is 11.9. The van der Waals surface area contributed by atoms with E-state index in [1.807, 2.05) is 31.2 Å². The Morgan fingerprint density at radius 1 is 1.19 bits per heavy atom. The number of ketones is 1. The van der Waals surface area contributed by atoms with E-state index in [9.17, 15) is 14.9 Å². The zero-order chi connectivity index (χ0) is 15.4. The van der Waals surface area contributed by atoms with Gasteiger partial charge in [0.2, 0.25) is 0 Å². The van der Waals surface area contributed by atoms with Gasteiger partial charge in [0, 0.05) is 18.2 Å². The third kappa shape index (κ3) is 3.66. The Morgan fingerprint density at radius 3 is 2.43 bits per heavy atom. The molecule has 0 aliphatic heterocycles. The van der Waals surface area contributed by atoms with Gasteiger partial charge in [-0.2, -0.15) is 0 Å². The molecule has 0 radical (unpaired) electrons. The van der Waals surface area contributed by atoms with Crippen molar-refractivity contribution < 1.29 is 9.72 Å². The Labute approximate surface area is 122 Å². The molecule has 0 amide bonds. The fraction of sp³-hybridized carbons (Fsp3) is 0.188. The number of carbonyl (C=O) groups excluding carboxylic acids is 1. The third-order valence-corrected chi connectivity index (χ3v) is 3.20. The maximum Gasteiger partial charge on any atom is 0.293 e. The molecule has 0 saturated carbocycles. The fourth-order valence-electron chi connectivity index (χ4n) is 1.95. The van der Waals surface area contributed by atoms with E-state index in [1.54, 1.807) is 12.1 Å². The van der Waals surface area contributed by atoms with Gasteiger partial charge in [-0.1, -0.05) is 29.8 Å². The predicted molar refractivity (Wildman–Crippen MR) is 81.6 cm³/mol. The standard InChI is InChI=1S/C16H16N2O3/c1-11-3-5-13(6-4-11)10-17-15-8-7-14(12(2)19)9-16(15)18(20)21/h3-9,17H,10H2,1-2H3. The monoisotopic (exact) mass is 284 g/mol. The summed E-state index contributed by atoms with van der Waals surface area (Å²) in [5.41, 5.74) is 2.85. The molecule has 0 aromatic heterocycles. The van der Waals surface area contributed by atoms with Crippen LogP contribution in [-0.4, -0.2) is 10.7 Å². The second-order valence-corrected chi connectivity index (χ2v) is 4.88. The van der Waals surface area contributed by atoms with Crippen LogP contribution in [0.25, 0.3) is 0 Å². The highest BCUT2D eigenvalue weighted by molar-refractivity contribution is 5.95. The lowest BCUT2D eigenvalue weighted by molar-refractivity contribution is -0.384. The number of nitrogens with zero attached hydrogens (tertiary/aromatic N) is 1. The van der Waals surface area contributed by atoms with Crippen LogP contribution in [0.15, 0.2) is 42.5 Å². The smallest absolute Gasteiger partial charge is 0.293 e. The van der Waals surface area contributed by atoms with Crippen molar-refractivity contribution in [2.24, 2.45) is 0 Å². The number of anilines is 1. The number of Topliss-reactive ketones (excluding diaryl/α,β-unsaturated/α-hetero) is 1. The van der Waals surface area contributed by atoms with Crippen molar-refractivity contribution >= 4 is 17.2 Å². The van der Waals surface area contributed by atoms with Gasteiger partial charge in [0.15, 0.2) is 5.78 Å². The van der Waals surface area contributed by atoms with Crippen LogP contribution >= 0.6 is 0 Å². The molecule has 0 heterocycles. The van der Waals surface area contributed by atoms with Crippen molar-refractivity contribution in [3.05, 3.63) is 69.3 Å². The summed E-state index contributed by atoms with van der Waals surface area (Å²) in [6, 6.07) is 12.4. The Morgan fingerprint density at radius 2 is 1.86 bits per heavy atom. The van der Waals surface area contributed by atoms with Crippen molar-refractivity contribution in [3.63, 3.8) is 0 Å². The summed E-state index contributed by atoms with van der Waals surface area (Å²) in [5.74, 6) is -0.191. The minimum atomic E-state index is -0.482. The molecule has 2 aromatic carbocycles. The molecule has 0 saturated heterocycles. The number of nitro groups is 1. The summed E-state index contributed by atoms with van der Waals surface area (Å²) >= 11 is 0. The Kier molecular flexibility index (Phi) is 4.33. The first-order valence-corrected chi connectivity index (χ1v) is 6.56. The summed E-state index contributed by atoms with van der Waals surface area (Å²) in [4.78, 5) is 21.9. The Balaban J connectivity index is 2.21. The van der Waals surface area contributed by atoms with Gasteiger partial charge in [0.05, 0.1) is 4.92 Å². The maximum absolute atomic E-state index is 11.3. The van der Waals surface area contributed by atoms with Crippen LogP contribution in [-0.2, 0) is 6.54 Å². The first kappa shape index (κ1) is 14.7. The Hall–Kier alpha value is -2.69. The van der Waals surface area contributed by atoms with Gasteiger partial charge in [-0.25, -0.2) is 0 Å². The SMILES string of the molecule is CC(=O)c1ccc(NCc2ccc(C)cc2)c([N+](=O)[O-])c1. The van der Waals surface area contributed by atoms with E-state index in [-0.39, 0.29) is 11.5 Å². The van der Waals surface area contributed by atoms with E-state index < -0.39 is 4.92 Å². The van der Waals surface area contributed by atoms with Gasteiger partial charge < -0.3 is 5.32 Å². The van der Waals surface area contributed by atoms with Crippen LogP contribution in [0.4, 0.5) is 11.4 Å². The van der Waals surface area contributed by atoms with Crippen LogP contribution in [0, 0.1) is 17.0 Å². The van der Waals surface area contributed by atoms with E-state index >= 15 is 0 Å². The number of benzene rings is 2. The normalized spacial score (nSPS) is 10.2. The van der Waals surface area contributed by atoms with Gasteiger partial charge in [-0.15, -0.1) is 0 Å². The second kappa shape index (κ2) is 6.17. The van der Waals surface area contributed by atoms with Gasteiger partial charge >= 0.3 is 0 Å². The number of hydrogen-bond acceptors (Lipinski definition) is 4. The van der Waals surface area contributed by atoms with Gasteiger partial charge in [-0.05, 0) is 31.5 Å². The lowest BCUT2D eigenvalue weighted by Gasteiger charge is -2.08. The second-order valence-electron chi connectivity index (χ2n) is 4.88. The number of rotatable bonds is 5. The largest absolute Gasteiger partial charge is 0.375 e. The van der Waals surface area contributed by atoms with Crippen LogP contribution in [0.1, 0.15) is 28.4 Å². The molecule has 5 nitrogen and oxygen atoms in total. The molecule has 2 aromatic rings. The summed E-state index contributed by atoms with van der Waals surface area (Å²) in [7, 11) is 0. The van der Waals surface area contributed by atoms with Crippen molar-refractivity contribution in [1.82, 2.24) is 0 Å². The number of nitrogens with one attached hydrogen (secondary N) is 1. The summed E-state index contributed by atoms with van der Waals surface area (Å²) in [5, 5.41) is 14.2. The van der Waals surface area contributed by atoms with Crippen LogP contribution < -0.4 is 5.32 Å². The van der Waals surface area contributed by atoms with Crippen LogP contribution in [0.2, 0.25) is 0 Å². The minimum absolute atomic E-state index is 0.0881. The molecule has 0 aliphatic carbocycles. The molecule has 0 spiro atoms. The molecule has 1 N–H and O–H groups in total. The van der Waals surface area contributed by atoms with Gasteiger partial charge in [0.25, 0.3) is 5.69 Å². The molecule has 2 rings (SSSR count). The lowest BCUT2D eigenvalue weighted by atomic mass is 10.1. The van der Waals surface area contributed by atoms with Crippen molar-refractivity contribution in [3.8, 4) is 0 Å². The summed E-state index contributed by atoms with van der Waals surface area (Å²) in [6.45, 7) is 3.88. The van der Waals surface area contributed by atoms with Crippen LogP contribution in [0.3, 0.4) is 0 Å². The molecule has 0 fully saturated rings. The van der Waals surface area contributed by atoms with Gasteiger partial charge in [-0.3, -0.25) is 14.9 Å². The van der Waals surface area contributed by atoms with Crippen LogP contribution in [0.5, 0.6) is 0 Å². The number of hydrogen-bond donors (Lipinski definition) is 1. The molecule has 21 heavy (non-hydrogen) atoms. The molecule has 5 heteroatoms. The molecule has 108 valence electrons. The number of aryl methyl sites for hydroxylation is 1. The van der Waals surface area contributed by atoms with E-state index in [4.69, 9.17) is 0 Å². The van der Waals surface area contributed by atoms with E-state index in [0.29, 0.717) is 17.8 Å². The molecule has 0 atom stereocenters. The third-order valence-electron chi connectivity index (χ3n) is 3.20. The molecule has 0 unspecified atom stereocenters. The van der Waals surface area contributed by atoms with E-state index in [0.717, 1.165) is 11.1 Å². The minimum Gasteiger partial charge on any atom is -0.375 e. The zero-order valence-corrected chi connectivity index (χ0v) is 11.9. The highest BCUT2D eigenvalue weighted by Crippen LogP contribution is 2.26. The summed E-state index contributed by atoms with van der Waals surface area (Å²) in [6.07, 6.45) is 0. The molecule has 0 bridgehead atoms. The first-order valence-electron chi connectivity index (χ1n) is 6.56. The quantitative estimate of drug-likeness (QED) is 0.516. The number of nitro benzene ring substituents is 1. The summed E-state index contributed by atoms with van der Waals surface area (Å²) < 4.78 is 0. The number of carbonyl (C=O) groups is 1. The first-order chi connectivity index (χ1) is 9.97. The van der Waals surface area contributed by atoms with E-state index in [2.05, 4.69) is 5.32 Å². The average Bonchev–Trinajstić information content (AvgIpc) is 2.46. The average molecular weight is 284 g/mol. The van der Waals surface area contributed by atoms with E-state index in [1.165, 1.54) is 13.0 Å². The molecular weight excluding hydrogens is 268 g/mol. The van der Waals surface area contributed by atoms with Crippen molar-refractivity contribution in [2.45, 2.75) is 20.4 Å². The lowest BCUT2D eigenvalue weighted by Crippen LogP contribution is -2.04. The van der Waals surface area contributed by atoms with Crippen molar-refractivity contribution in [2.75, 3.05) is 5.32 Å². The Bertz CT molecular complexity index is 678. The van der Waals surface area contributed by atoms with Crippen molar-refractivity contribution in [1.29, 1.82) is 0 Å². The highest BCUT2D eigenvalue weighted by Gasteiger charge is 2.15. The molecular formula is C16H16N2O3.